The van der Waals surface area contributed by atoms with Crippen molar-refractivity contribution < 1.29 is 0 Å². The molecule has 0 unspecified atom stereocenters. The van der Waals surface area contributed by atoms with Crippen LogP contribution < -0.4 is 0 Å². The minimum atomic E-state index is 0.474. The number of rotatable bonds is 3. The van der Waals surface area contributed by atoms with E-state index in [0.717, 1.165) is 28.9 Å². The Kier molecular flexibility index (Phi) is 4.15. The molecule has 0 fully saturated rings. The van der Waals surface area contributed by atoms with Crippen molar-refractivity contribution in [2.45, 2.75) is 34.1 Å². The highest BCUT2D eigenvalue weighted by Crippen LogP contribution is 2.21. The maximum Gasteiger partial charge on any atom is 0.180 e. The molecule has 0 N–H and O–H groups in total. The van der Waals surface area contributed by atoms with E-state index in [0.29, 0.717) is 16.9 Å². The van der Waals surface area contributed by atoms with Gasteiger partial charge in [0.15, 0.2) is 5.82 Å². The van der Waals surface area contributed by atoms with Crippen molar-refractivity contribution >= 4 is 11.6 Å². The summed E-state index contributed by atoms with van der Waals surface area (Å²) in [6.45, 7) is 8.35. The first-order valence-corrected chi connectivity index (χ1v) is 6.80. The lowest BCUT2D eigenvalue weighted by atomic mass is 10.1. The number of aromatic nitrogens is 3. The molecule has 2 aromatic rings. The molecule has 0 aromatic carbocycles. The molecule has 0 atom stereocenters. The Morgan fingerprint density at radius 2 is 1.89 bits per heavy atom. The lowest BCUT2D eigenvalue weighted by Gasteiger charge is -2.08. The summed E-state index contributed by atoms with van der Waals surface area (Å²) in [6.07, 6.45) is 2.72. The number of halogens is 1. The van der Waals surface area contributed by atoms with Gasteiger partial charge in [-0.1, -0.05) is 31.5 Å². The van der Waals surface area contributed by atoms with Crippen LogP contribution >= 0.6 is 11.6 Å². The van der Waals surface area contributed by atoms with Crippen LogP contribution in [0.3, 0.4) is 0 Å². The quantitative estimate of drug-likeness (QED) is 0.795. The van der Waals surface area contributed by atoms with E-state index in [-0.39, 0.29) is 0 Å². The van der Waals surface area contributed by atoms with Gasteiger partial charge in [0.1, 0.15) is 10.8 Å². The topological polar surface area (TPSA) is 38.7 Å². The molecular weight excluding hydrogens is 258 g/mol. The van der Waals surface area contributed by atoms with Crippen molar-refractivity contribution in [2.24, 2.45) is 5.92 Å². The fourth-order valence-corrected chi connectivity index (χ4v) is 2.25. The van der Waals surface area contributed by atoms with Crippen LogP contribution in [0.25, 0.3) is 11.5 Å². The Bertz CT molecular complexity index is 594. The molecule has 0 aliphatic carbocycles. The molecule has 0 aliphatic rings. The minimum absolute atomic E-state index is 0.474. The third kappa shape index (κ3) is 3.51. The Balaban J connectivity index is 2.46. The maximum atomic E-state index is 6.09. The number of aryl methyl sites for hydroxylation is 2. The standard InChI is InChI=1S/C15H18ClN3/c1-9(2)5-12-7-13(16)19-15(18-12)14-11(4)6-10(3)8-17-14/h6-9H,5H2,1-4H3. The van der Waals surface area contributed by atoms with Crippen molar-refractivity contribution in [1.82, 2.24) is 15.0 Å². The molecule has 0 aliphatic heterocycles. The lowest BCUT2D eigenvalue weighted by Crippen LogP contribution is -2.02. The van der Waals surface area contributed by atoms with Crippen LogP contribution in [0, 0.1) is 19.8 Å². The molecule has 100 valence electrons. The molecule has 0 saturated carbocycles. The predicted octanol–water partition coefficient (Wildman–Crippen LogP) is 4.01. The van der Waals surface area contributed by atoms with E-state index in [9.17, 15) is 0 Å². The molecule has 0 bridgehead atoms. The van der Waals surface area contributed by atoms with Crippen molar-refractivity contribution in [3.63, 3.8) is 0 Å². The van der Waals surface area contributed by atoms with E-state index in [1.165, 1.54) is 0 Å². The van der Waals surface area contributed by atoms with Gasteiger partial charge in [0.05, 0.1) is 0 Å². The molecule has 2 aromatic heterocycles. The third-order valence-corrected chi connectivity index (χ3v) is 2.99. The average Bonchev–Trinajstić information content (AvgIpc) is 2.26. The molecule has 4 heteroatoms. The normalized spacial score (nSPS) is 11.1. The molecule has 0 saturated heterocycles. The molecule has 3 nitrogen and oxygen atoms in total. The maximum absolute atomic E-state index is 6.09. The molecule has 2 rings (SSSR count). The first-order valence-electron chi connectivity index (χ1n) is 6.43. The van der Waals surface area contributed by atoms with Crippen LogP contribution in [-0.2, 0) is 6.42 Å². The fraction of sp³-hybridized carbons (Fsp3) is 0.400. The molecule has 0 radical (unpaired) electrons. The van der Waals surface area contributed by atoms with E-state index in [4.69, 9.17) is 11.6 Å². The highest BCUT2D eigenvalue weighted by molar-refractivity contribution is 6.29. The van der Waals surface area contributed by atoms with Crippen molar-refractivity contribution in [1.29, 1.82) is 0 Å². The summed E-state index contributed by atoms with van der Waals surface area (Å²) >= 11 is 6.09. The summed E-state index contributed by atoms with van der Waals surface area (Å²) in [5, 5.41) is 0.474. The van der Waals surface area contributed by atoms with E-state index in [1.807, 2.05) is 26.1 Å². The zero-order chi connectivity index (χ0) is 14.0. The SMILES string of the molecule is Cc1cnc(-c2nc(Cl)cc(CC(C)C)n2)c(C)c1. The highest BCUT2D eigenvalue weighted by Gasteiger charge is 2.11. The van der Waals surface area contributed by atoms with Gasteiger partial charge >= 0.3 is 0 Å². The highest BCUT2D eigenvalue weighted by atomic mass is 35.5. The average molecular weight is 276 g/mol. The van der Waals surface area contributed by atoms with Gasteiger partial charge in [-0.15, -0.1) is 0 Å². The van der Waals surface area contributed by atoms with E-state index >= 15 is 0 Å². The largest absolute Gasteiger partial charge is 0.252 e. The van der Waals surface area contributed by atoms with Gasteiger partial charge in [0.2, 0.25) is 0 Å². The zero-order valence-corrected chi connectivity index (χ0v) is 12.5. The van der Waals surface area contributed by atoms with Crippen molar-refractivity contribution in [2.75, 3.05) is 0 Å². The first kappa shape index (κ1) is 13.9. The summed E-state index contributed by atoms with van der Waals surface area (Å²) in [5.41, 5.74) is 3.97. The molecular formula is C15H18ClN3. The number of hydrogen-bond donors (Lipinski definition) is 0. The van der Waals surface area contributed by atoms with Gasteiger partial charge in [0, 0.05) is 11.9 Å². The van der Waals surface area contributed by atoms with Crippen LogP contribution in [0.15, 0.2) is 18.3 Å². The number of pyridine rings is 1. The molecule has 19 heavy (non-hydrogen) atoms. The Labute approximate surface area is 119 Å². The van der Waals surface area contributed by atoms with E-state index in [1.54, 1.807) is 0 Å². The second-order valence-electron chi connectivity index (χ2n) is 5.28. The molecule has 0 spiro atoms. The smallest absolute Gasteiger partial charge is 0.180 e. The summed E-state index contributed by atoms with van der Waals surface area (Å²) in [5.74, 6) is 1.14. The van der Waals surface area contributed by atoms with Crippen LogP contribution in [0.4, 0.5) is 0 Å². The van der Waals surface area contributed by atoms with Crippen LogP contribution in [0.1, 0.15) is 30.7 Å². The van der Waals surface area contributed by atoms with Crippen LogP contribution in [-0.4, -0.2) is 15.0 Å². The monoisotopic (exact) mass is 275 g/mol. The van der Waals surface area contributed by atoms with Gasteiger partial charge in [-0.25, -0.2) is 9.97 Å². The van der Waals surface area contributed by atoms with Crippen LogP contribution in [0.5, 0.6) is 0 Å². The van der Waals surface area contributed by atoms with Crippen molar-refractivity contribution in [3.8, 4) is 11.5 Å². The summed E-state index contributed by atoms with van der Waals surface area (Å²) in [4.78, 5) is 13.3. The first-order chi connectivity index (χ1) is 8.95. The second-order valence-corrected chi connectivity index (χ2v) is 5.67. The fourth-order valence-electron chi connectivity index (χ4n) is 2.04. The summed E-state index contributed by atoms with van der Waals surface area (Å²) in [7, 11) is 0. The van der Waals surface area contributed by atoms with Gasteiger partial charge in [-0.2, -0.15) is 0 Å². The minimum Gasteiger partial charge on any atom is -0.252 e. The number of hydrogen-bond acceptors (Lipinski definition) is 3. The van der Waals surface area contributed by atoms with Gasteiger partial charge in [-0.05, 0) is 43.4 Å². The van der Waals surface area contributed by atoms with Gasteiger partial charge in [-0.3, -0.25) is 4.98 Å². The van der Waals surface area contributed by atoms with Gasteiger partial charge < -0.3 is 0 Å². The third-order valence-electron chi connectivity index (χ3n) is 2.79. The molecule has 0 amide bonds. The lowest BCUT2D eigenvalue weighted by molar-refractivity contribution is 0.634. The van der Waals surface area contributed by atoms with Crippen LogP contribution in [0.2, 0.25) is 5.15 Å². The Morgan fingerprint density at radius 3 is 2.53 bits per heavy atom. The second kappa shape index (κ2) is 5.66. The van der Waals surface area contributed by atoms with E-state index in [2.05, 4.69) is 34.9 Å². The van der Waals surface area contributed by atoms with E-state index < -0.39 is 0 Å². The zero-order valence-electron chi connectivity index (χ0n) is 11.7. The molecule has 2 heterocycles. The summed E-state index contributed by atoms with van der Waals surface area (Å²) in [6, 6.07) is 3.91. The Hall–Kier alpha value is -1.48. The van der Waals surface area contributed by atoms with Crippen molar-refractivity contribution in [3.05, 3.63) is 40.3 Å². The number of nitrogens with zero attached hydrogens (tertiary/aromatic N) is 3. The summed E-state index contributed by atoms with van der Waals surface area (Å²) < 4.78 is 0. The Morgan fingerprint density at radius 1 is 1.16 bits per heavy atom. The predicted molar refractivity (Wildman–Crippen MR) is 78.3 cm³/mol. The van der Waals surface area contributed by atoms with Gasteiger partial charge in [0.25, 0.3) is 0 Å².